The number of benzene rings is 1. The summed E-state index contributed by atoms with van der Waals surface area (Å²) in [6.07, 6.45) is -4.82. The Hall–Kier alpha value is -0.980. The number of ether oxygens (including phenoxy) is 2. The number of hydrogen-bond donors (Lipinski definition) is 1. The van der Waals surface area contributed by atoms with Crippen molar-refractivity contribution in [2.24, 2.45) is 0 Å². The Morgan fingerprint density at radius 3 is 2.47 bits per heavy atom. The van der Waals surface area contributed by atoms with Crippen molar-refractivity contribution < 1.29 is 27.8 Å². The maximum atomic E-state index is 12.1. The van der Waals surface area contributed by atoms with Crippen molar-refractivity contribution in [3.05, 3.63) is 28.8 Å². The molecule has 0 radical (unpaired) electrons. The van der Waals surface area contributed by atoms with E-state index in [0.29, 0.717) is 0 Å². The van der Waals surface area contributed by atoms with Gasteiger partial charge in [-0.3, -0.25) is 0 Å². The molecule has 1 aromatic rings. The first kappa shape index (κ1) is 12.5. The molecule has 7 heteroatoms. The highest BCUT2D eigenvalue weighted by atomic mass is 35.5. The first-order valence-corrected chi connectivity index (χ1v) is 5.04. The fraction of sp³-hybridized carbons (Fsp3) is 0.400. The predicted molar refractivity (Wildman–Crippen MR) is 52.9 cm³/mol. The second-order valence-electron chi connectivity index (χ2n) is 3.72. The lowest BCUT2D eigenvalue weighted by atomic mass is 9.92. The van der Waals surface area contributed by atoms with Gasteiger partial charge in [-0.25, -0.2) is 0 Å². The zero-order valence-corrected chi connectivity index (χ0v) is 9.18. The molecule has 94 valence electrons. The summed E-state index contributed by atoms with van der Waals surface area (Å²) in [5.41, 5.74) is -0.971. The van der Waals surface area contributed by atoms with Gasteiger partial charge in [-0.1, -0.05) is 17.7 Å². The molecule has 2 rings (SSSR count). The molecule has 0 spiro atoms. The molecule has 0 bridgehead atoms. The van der Waals surface area contributed by atoms with Gasteiger partial charge in [0.25, 0.3) is 0 Å². The molecule has 1 aliphatic rings. The smallest absolute Gasteiger partial charge is 0.404 e. The minimum absolute atomic E-state index is 0.0418. The predicted octanol–water partition coefficient (Wildman–Crippen LogP) is 2.46. The first-order chi connectivity index (χ1) is 7.80. The van der Waals surface area contributed by atoms with Crippen LogP contribution in [0.1, 0.15) is 5.56 Å². The van der Waals surface area contributed by atoms with Crippen molar-refractivity contribution in [2.45, 2.75) is 12.0 Å². The maximum absolute atomic E-state index is 12.1. The Morgan fingerprint density at radius 1 is 1.35 bits per heavy atom. The summed E-state index contributed by atoms with van der Waals surface area (Å²) in [6.45, 7) is 0.0835. The van der Waals surface area contributed by atoms with Gasteiger partial charge < -0.3 is 14.6 Å². The van der Waals surface area contributed by atoms with Crippen LogP contribution in [-0.4, -0.2) is 24.7 Å². The summed E-state index contributed by atoms with van der Waals surface area (Å²) < 4.78 is 44.8. The molecule has 3 nitrogen and oxygen atoms in total. The average Bonchev–Trinajstić information content (AvgIpc) is 2.16. The van der Waals surface area contributed by atoms with Gasteiger partial charge in [0.2, 0.25) is 0 Å². The number of rotatable bonds is 2. The van der Waals surface area contributed by atoms with Gasteiger partial charge in [0.1, 0.15) is 11.4 Å². The Kier molecular flexibility index (Phi) is 2.97. The lowest BCUT2D eigenvalue weighted by Gasteiger charge is -2.36. The summed E-state index contributed by atoms with van der Waals surface area (Å²) in [5.74, 6) is -0.531. The highest BCUT2D eigenvalue weighted by Gasteiger charge is 2.39. The topological polar surface area (TPSA) is 38.7 Å². The van der Waals surface area contributed by atoms with Crippen LogP contribution in [0.15, 0.2) is 18.2 Å². The summed E-state index contributed by atoms with van der Waals surface area (Å²) >= 11 is 5.58. The van der Waals surface area contributed by atoms with Crippen molar-refractivity contribution in [1.29, 1.82) is 0 Å². The SMILES string of the molecule is OC1(c2ccc(Cl)c(OC(F)(F)F)c2)COC1. The molecule has 0 aromatic heterocycles. The number of hydrogen-bond acceptors (Lipinski definition) is 3. The molecular weight excluding hydrogens is 261 g/mol. The van der Waals surface area contributed by atoms with Crippen molar-refractivity contribution >= 4 is 11.6 Å². The van der Waals surface area contributed by atoms with E-state index in [9.17, 15) is 18.3 Å². The van der Waals surface area contributed by atoms with E-state index in [1.165, 1.54) is 12.1 Å². The molecule has 0 atom stereocenters. The monoisotopic (exact) mass is 268 g/mol. The molecule has 1 heterocycles. The van der Waals surface area contributed by atoms with E-state index in [2.05, 4.69) is 4.74 Å². The molecule has 0 aliphatic carbocycles. The molecule has 1 fully saturated rings. The van der Waals surface area contributed by atoms with E-state index in [-0.39, 0.29) is 23.8 Å². The number of halogens is 4. The maximum Gasteiger partial charge on any atom is 0.573 e. The first-order valence-electron chi connectivity index (χ1n) is 4.66. The largest absolute Gasteiger partial charge is 0.573 e. The van der Waals surface area contributed by atoms with Crippen LogP contribution >= 0.6 is 11.6 Å². The van der Waals surface area contributed by atoms with E-state index in [0.717, 1.165) is 6.07 Å². The molecule has 0 unspecified atom stereocenters. The van der Waals surface area contributed by atoms with Crippen LogP contribution in [0.4, 0.5) is 13.2 Å². The summed E-state index contributed by atoms with van der Waals surface area (Å²) in [5, 5.41) is 9.72. The Bertz CT molecular complexity index is 429. The van der Waals surface area contributed by atoms with Gasteiger partial charge in [0, 0.05) is 0 Å². The minimum Gasteiger partial charge on any atom is -0.404 e. The summed E-state index contributed by atoms with van der Waals surface area (Å²) in [4.78, 5) is 0. The molecule has 1 saturated heterocycles. The molecule has 1 aliphatic heterocycles. The third-order valence-corrected chi connectivity index (χ3v) is 2.69. The van der Waals surface area contributed by atoms with Crippen LogP contribution in [0.5, 0.6) is 5.75 Å². The van der Waals surface area contributed by atoms with Gasteiger partial charge in [-0.15, -0.1) is 13.2 Å². The van der Waals surface area contributed by atoms with E-state index >= 15 is 0 Å². The number of aliphatic hydroxyl groups is 1. The van der Waals surface area contributed by atoms with Crippen LogP contribution in [0, 0.1) is 0 Å². The molecule has 0 saturated carbocycles. The van der Waals surface area contributed by atoms with Gasteiger partial charge in [0.05, 0.1) is 18.2 Å². The lowest BCUT2D eigenvalue weighted by Crippen LogP contribution is -2.46. The van der Waals surface area contributed by atoms with E-state index in [4.69, 9.17) is 16.3 Å². The molecule has 0 amide bonds. The van der Waals surface area contributed by atoms with E-state index in [1.54, 1.807) is 0 Å². The molecule has 1 aromatic carbocycles. The molecule has 1 N–H and O–H groups in total. The summed E-state index contributed by atoms with van der Waals surface area (Å²) in [6, 6.07) is 3.75. The standard InChI is InChI=1S/C10H8ClF3O3/c11-7-2-1-6(9(15)4-16-5-9)3-8(7)17-10(12,13)14/h1-3,15H,4-5H2. The van der Waals surface area contributed by atoms with Gasteiger partial charge in [0.15, 0.2) is 0 Å². The highest BCUT2D eigenvalue weighted by molar-refractivity contribution is 6.32. The average molecular weight is 269 g/mol. The quantitative estimate of drug-likeness (QED) is 0.895. The van der Waals surface area contributed by atoms with Crippen LogP contribution in [0.2, 0.25) is 5.02 Å². The van der Waals surface area contributed by atoms with Crippen LogP contribution in [0.3, 0.4) is 0 Å². The second kappa shape index (κ2) is 4.04. The fourth-order valence-corrected chi connectivity index (χ4v) is 1.61. The molecule has 17 heavy (non-hydrogen) atoms. The van der Waals surface area contributed by atoms with Gasteiger partial charge in [-0.2, -0.15) is 0 Å². The lowest BCUT2D eigenvalue weighted by molar-refractivity contribution is -0.274. The van der Waals surface area contributed by atoms with E-state index in [1.807, 2.05) is 0 Å². The van der Waals surface area contributed by atoms with E-state index < -0.39 is 17.7 Å². The number of alkyl halides is 3. The zero-order valence-electron chi connectivity index (χ0n) is 8.42. The van der Waals surface area contributed by atoms with Crippen molar-refractivity contribution in [3.63, 3.8) is 0 Å². The fourth-order valence-electron chi connectivity index (χ4n) is 1.46. The van der Waals surface area contributed by atoms with Crippen LogP contribution < -0.4 is 4.74 Å². The van der Waals surface area contributed by atoms with Crippen molar-refractivity contribution in [1.82, 2.24) is 0 Å². The third kappa shape index (κ3) is 2.65. The van der Waals surface area contributed by atoms with Crippen LogP contribution in [-0.2, 0) is 10.3 Å². The second-order valence-corrected chi connectivity index (χ2v) is 4.12. The highest BCUT2D eigenvalue weighted by Crippen LogP contribution is 2.36. The normalized spacial score (nSPS) is 18.6. The third-order valence-electron chi connectivity index (χ3n) is 2.38. The van der Waals surface area contributed by atoms with Gasteiger partial charge >= 0.3 is 6.36 Å². The Morgan fingerprint density at radius 2 is 2.00 bits per heavy atom. The zero-order chi connectivity index (χ0) is 12.7. The van der Waals surface area contributed by atoms with Crippen LogP contribution in [0.25, 0.3) is 0 Å². The van der Waals surface area contributed by atoms with Crippen molar-refractivity contribution in [3.8, 4) is 5.75 Å². The Labute approximate surface area is 99.7 Å². The van der Waals surface area contributed by atoms with Crippen molar-refractivity contribution in [2.75, 3.05) is 13.2 Å². The van der Waals surface area contributed by atoms with Gasteiger partial charge in [-0.05, 0) is 17.7 Å². The summed E-state index contributed by atoms with van der Waals surface area (Å²) in [7, 11) is 0. The Balaban J connectivity index is 2.29. The molecular formula is C10H8ClF3O3. The minimum atomic E-state index is -4.82.